The lowest BCUT2D eigenvalue weighted by molar-refractivity contribution is -0.143. The van der Waals surface area contributed by atoms with E-state index in [4.69, 9.17) is 5.73 Å². The van der Waals surface area contributed by atoms with Gasteiger partial charge in [-0.3, -0.25) is 4.79 Å². The van der Waals surface area contributed by atoms with E-state index in [-0.39, 0.29) is 29.3 Å². The van der Waals surface area contributed by atoms with Crippen molar-refractivity contribution in [2.75, 3.05) is 0 Å². The Kier molecular flexibility index (Phi) is 6.56. The molecule has 1 amide bonds. The van der Waals surface area contributed by atoms with Crippen LogP contribution in [0, 0.1) is 5.92 Å². The number of hydrazone groups is 1. The number of benzene rings is 1. The van der Waals surface area contributed by atoms with E-state index in [1.165, 1.54) is 30.9 Å². The molecule has 33 heavy (non-hydrogen) atoms. The maximum Gasteiger partial charge on any atom is 0.416 e. The number of aromatic nitrogens is 2. The first-order chi connectivity index (χ1) is 15.4. The van der Waals surface area contributed by atoms with Crippen molar-refractivity contribution in [2.24, 2.45) is 16.8 Å². The molecule has 174 valence electrons. The molecule has 12 heteroatoms. The predicted octanol–water partition coefficient (Wildman–Crippen LogP) is 4.60. The quantitative estimate of drug-likeness (QED) is 0.524. The maximum absolute atomic E-state index is 13.3. The molecule has 0 fully saturated rings. The first kappa shape index (κ1) is 24.0. The molecule has 1 aromatic carbocycles. The number of allylic oxidation sites excluding steroid dienone is 1. The van der Waals surface area contributed by atoms with E-state index in [2.05, 4.69) is 15.3 Å². The molecule has 1 atom stereocenters. The molecule has 2 heterocycles. The summed E-state index contributed by atoms with van der Waals surface area (Å²) in [6.07, 6.45) is -2.84. The van der Waals surface area contributed by atoms with Crippen LogP contribution in [-0.4, -0.2) is 26.8 Å². The van der Waals surface area contributed by atoms with Crippen molar-refractivity contribution >= 4 is 17.2 Å². The average Bonchev–Trinajstić information content (AvgIpc) is 2.92. The van der Waals surface area contributed by atoms with Crippen molar-refractivity contribution in [1.29, 1.82) is 0 Å². The van der Waals surface area contributed by atoms with Gasteiger partial charge in [-0.1, -0.05) is 13.0 Å². The monoisotopic (exact) mass is 469 g/mol. The molecule has 1 aliphatic rings. The number of primary amides is 1. The maximum atomic E-state index is 13.3. The Hall–Kier alpha value is -3.70. The number of halogens is 6. The highest BCUT2D eigenvalue weighted by Gasteiger charge is 2.37. The minimum atomic E-state index is -4.99. The van der Waals surface area contributed by atoms with Crippen molar-refractivity contribution in [2.45, 2.75) is 25.7 Å². The molecule has 3 rings (SSSR count). The highest BCUT2D eigenvalue weighted by atomic mass is 19.4. The van der Waals surface area contributed by atoms with E-state index in [0.29, 0.717) is 17.7 Å². The van der Waals surface area contributed by atoms with Crippen LogP contribution in [0.15, 0.2) is 60.2 Å². The summed E-state index contributed by atoms with van der Waals surface area (Å²) in [4.78, 5) is 11.9. The van der Waals surface area contributed by atoms with Crippen LogP contribution >= 0.6 is 0 Å². The van der Waals surface area contributed by atoms with Crippen LogP contribution < -0.4 is 5.73 Å². The predicted molar refractivity (Wildman–Crippen MR) is 107 cm³/mol. The fraction of sp³-hybridized carbons (Fsp3) is 0.238. The summed E-state index contributed by atoms with van der Waals surface area (Å²) in [7, 11) is 0. The molecular formula is C21H17F6N5O. The van der Waals surface area contributed by atoms with Crippen LogP contribution in [0.5, 0.6) is 0 Å². The van der Waals surface area contributed by atoms with E-state index in [1.54, 1.807) is 13.0 Å². The lowest BCUT2D eigenvalue weighted by Crippen LogP contribution is -2.19. The molecule has 1 unspecified atom stereocenters. The third kappa shape index (κ3) is 5.76. The van der Waals surface area contributed by atoms with Gasteiger partial charge in [0.25, 0.3) is 5.91 Å². The number of rotatable bonds is 4. The van der Waals surface area contributed by atoms with Gasteiger partial charge in [0.15, 0.2) is 0 Å². The standard InChI is InChI=1S/C21H17F6N5O/c1-12-3-2-6-32(11-17(19(28)33)13-4-5-29-30-10-13)31-18(12)14-7-15(20(22,23)24)9-16(8-14)21(25,26)27/h2,4-12H,3H2,1H3,(H2,28,33). The molecule has 0 saturated carbocycles. The van der Waals surface area contributed by atoms with Gasteiger partial charge < -0.3 is 5.73 Å². The van der Waals surface area contributed by atoms with Gasteiger partial charge in [-0.25, -0.2) is 5.01 Å². The fourth-order valence-electron chi connectivity index (χ4n) is 3.12. The molecule has 6 nitrogen and oxygen atoms in total. The van der Waals surface area contributed by atoms with E-state index >= 15 is 0 Å². The highest BCUT2D eigenvalue weighted by molar-refractivity contribution is 6.18. The van der Waals surface area contributed by atoms with Gasteiger partial charge in [0, 0.05) is 23.9 Å². The van der Waals surface area contributed by atoms with E-state index in [1.807, 2.05) is 0 Å². The number of hydrogen-bond acceptors (Lipinski definition) is 5. The van der Waals surface area contributed by atoms with Crippen LogP contribution in [0.4, 0.5) is 26.3 Å². The van der Waals surface area contributed by atoms with E-state index < -0.39 is 35.3 Å². The van der Waals surface area contributed by atoms with Crippen LogP contribution in [0.3, 0.4) is 0 Å². The average molecular weight is 469 g/mol. The zero-order valence-electron chi connectivity index (χ0n) is 17.0. The summed E-state index contributed by atoms with van der Waals surface area (Å²) >= 11 is 0. The Bertz CT molecular complexity index is 1090. The van der Waals surface area contributed by atoms with Crippen LogP contribution in [-0.2, 0) is 17.1 Å². The Morgan fingerprint density at radius 3 is 2.24 bits per heavy atom. The third-order valence-electron chi connectivity index (χ3n) is 4.74. The Labute approximate surface area is 184 Å². The van der Waals surface area contributed by atoms with Crippen LogP contribution in [0.1, 0.15) is 35.6 Å². The van der Waals surface area contributed by atoms with Gasteiger partial charge in [0.1, 0.15) is 0 Å². The third-order valence-corrected chi connectivity index (χ3v) is 4.74. The number of hydrogen-bond donors (Lipinski definition) is 1. The Balaban J connectivity index is 2.15. The fourth-order valence-corrected chi connectivity index (χ4v) is 3.12. The number of nitrogens with two attached hydrogens (primary N) is 1. The molecule has 0 spiro atoms. The lowest BCUT2D eigenvalue weighted by atomic mass is 9.93. The minimum Gasteiger partial charge on any atom is -0.366 e. The number of amides is 1. The topological polar surface area (TPSA) is 84.5 Å². The van der Waals surface area contributed by atoms with Gasteiger partial charge in [-0.15, -0.1) is 0 Å². The van der Waals surface area contributed by atoms with Crippen molar-refractivity contribution in [3.05, 3.63) is 77.4 Å². The van der Waals surface area contributed by atoms with E-state index in [0.717, 1.165) is 5.01 Å². The molecule has 1 aliphatic heterocycles. The smallest absolute Gasteiger partial charge is 0.366 e. The molecule has 2 aromatic rings. The summed E-state index contributed by atoms with van der Waals surface area (Å²) in [6, 6.07) is 2.77. The van der Waals surface area contributed by atoms with Crippen molar-refractivity contribution < 1.29 is 31.1 Å². The van der Waals surface area contributed by atoms with Crippen LogP contribution in [0.2, 0.25) is 0 Å². The first-order valence-corrected chi connectivity index (χ1v) is 9.48. The zero-order chi connectivity index (χ0) is 24.4. The summed E-state index contributed by atoms with van der Waals surface area (Å²) < 4.78 is 79.8. The molecule has 0 aliphatic carbocycles. The molecule has 0 radical (unpaired) electrons. The summed E-state index contributed by atoms with van der Waals surface area (Å²) in [5, 5.41) is 12.6. The minimum absolute atomic E-state index is 0.0236. The molecule has 2 N–H and O–H groups in total. The summed E-state index contributed by atoms with van der Waals surface area (Å²) in [6.45, 7) is 1.62. The molecule has 0 saturated heterocycles. The SMILES string of the molecule is CC1CC=CN(C=C(C(N)=O)c2ccnnc2)N=C1c1cc(C(F)(F)F)cc(C(F)(F)F)c1. The second kappa shape index (κ2) is 9.04. The van der Waals surface area contributed by atoms with Gasteiger partial charge >= 0.3 is 12.4 Å². The van der Waals surface area contributed by atoms with Gasteiger partial charge in [-0.05, 0) is 36.2 Å². The van der Waals surface area contributed by atoms with Crippen molar-refractivity contribution in [3.63, 3.8) is 0 Å². The van der Waals surface area contributed by atoms with E-state index in [9.17, 15) is 31.1 Å². The Morgan fingerprint density at radius 2 is 1.73 bits per heavy atom. The second-order valence-electron chi connectivity index (χ2n) is 7.22. The molecule has 1 aromatic heterocycles. The normalized spacial score (nSPS) is 17.5. The van der Waals surface area contributed by atoms with Crippen molar-refractivity contribution in [1.82, 2.24) is 15.2 Å². The number of nitrogens with zero attached hydrogens (tertiary/aromatic N) is 4. The Morgan fingerprint density at radius 1 is 1.09 bits per heavy atom. The van der Waals surface area contributed by atoms with Gasteiger partial charge in [0.2, 0.25) is 0 Å². The summed E-state index contributed by atoms with van der Waals surface area (Å²) in [5.41, 5.74) is 2.45. The molecule has 0 bridgehead atoms. The zero-order valence-corrected chi connectivity index (χ0v) is 17.0. The number of alkyl halides is 6. The summed E-state index contributed by atoms with van der Waals surface area (Å²) in [5.74, 6) is -1.37. The first-order valence-electron chi connectivity index (χ1n) is 9.48. The second-order valence-corrected chi connectivity index (χ2v) is 7.22. The highest BCUT2D eigenvalue weighted by Crippen LogP contribution is 2.37. The van der Waals surface area contributed by atoms with Gasteiger partial charge in [-0.2, -0.15) is 41.6 Å². The van der Waals surface area contributed by atoms with Gasteiger partial charge in [0.05, 0.1) is 34.8 Å². The molecular weight excluding hydrogens is 452 g/mol. The van der Waals surface area contributed by atoms with Crippen LogP contribution in [0.25, 0.3) is 5.57 Å². The number of carbonyl (C=O) groups is 1. The lowest BCUT2D eigenvalue weighted by Gasteiger charge is -2.19. The largest absolute Gasteiger partial charge is 0.416 e. The number of carbonyl (C=O) groups excluding carboxylic acids is 1. The van der Waals surface area contributed by atoms with Crippen molar-refractivity contribution in [3.8, 4) is 0 Å².